The third-order valence-corrected chi connectivity index (χ3v) is 3.77. The molecule has 0 aromatic heterocycles. The first-order chi connectivity index (χ1) is 12.3. The Balaban J connectivity index is 3.13. The lowest BCUT2D eigenvalue weighted by atomic mass is 10.1. The second-order valence-electron chi connectivity index (χ2n) is 5.99. The molecule has 0 saturated carbocycles. The molecule has 1 aromatic carbocycles. The lowest BCUT2D eigenvalue weighted by Crippen LogP contribution is -2.38. The topological polar surface area (TPSA) is 20.3 Å². The number of carbonyl (C=O) groups excluding carboxylic acids is 1. The van der Waals surface area contributed by atoms with Gasteiger partial charge in [-0.25, -0.2) is 4.39 Å². The van der Waals surface area contributed by atoms with E-state index >= 15 is 0 Å². The minimum atomic E-state index is -4.92. The molecule has 0 N–H and O–H groups in total. The summed E-state index contributed by atoms with van der Waals surface area (Å²) in [4.78, 5) is 13.6. The summed E-state index contributed by atoms with van der Waals surface area (Å²) in [6.45, 7) is 4.25. The number of allylic oxidation sites excluding steroid dienone is 2. The molecule has 0 bridgehead atoms. The number of halogens is 4. The SMILES string of the molecule is CCCCN(CCCC)C(=O)/C(=C/C(F)=C\c1ccccc1)C(F)(F)F. The maximum absolute atomic E-state index is 14.1. The molecule has 0 aliphatic rings. The number of hydrogen-bond donors (Lipinski definition) is 0. The third kappa shape index (κ3) is 7.42. The zero-order chi connectivity index (χ0) is 19.6. The lowest BCUT2D eigenvalue weighted by molar-refractivity contribution is -0.139. The largest absolute Gasteiger partial charge is 0.421 e. The molecule has 1 aromatic rings. The first-order valence-electron chi connectivity index (χ1n) is 8.80. The van der Waals surface area contributed by atoms with Crippen molar-refractivity contribution in [3.05, 3.63) is 53.4 Å². The van der Waals surface area contributed by atoms with Crippen LogP contribution in [0.25, 0.3) is 6.08 Å². The second kappa shape index (κ2) is 10.8. The van der Waals surface area contributed by atoms with Gasteiger partial charge in [-0.3, -0.25) is 4.79 Å². The number of hydrogen-bond acceptors (Lipinski definition) is 1. The highest BCUT2D eigenvalue weighted by Gasteiger charge is 2.40. The van der Waals surface area contributed by atoms with E-state index in [1.165, 1.54) is 4.90 Å². The zero-order valence-electron chi connectivity index (χ0n) is 15.2. The number of alkyl halides is 3. The summed E-state index contributed by atoms with van der Waals surface area (Å²) in [5.74, 6) is -2.28. The molecule has 0 aliphatic carbocycles. The van der Waals surface area contributed by atoms with E-state index in [1.54, 1.807) is 30.3 Å². The Morgan fingerprint density at radius 3 is 2.04 bits per heavy atom. The molecule has 0 saturated heterocycles. The second-order valence-corrected chi connectivity index (χ2v) is 5.99. The average Bonchev–Trinajstić information content (AvgIpc) is 2.59. The van der Waals surface area contributed by atoms with Gasteiger partial charge in [-0.05, 0) is 30.6 Å². The fourth-order valence-electron chi connectivity index (χ4n) is 2.34. The van der Waals surface area contributed by atoms with Gasteiger partial charge in [-0.1, -0.05) is 57.0 Å². The predicted molar refractivity (Wildman–Crippen MR) is 96.1 cm³/mol. The number of unbranched alkanes of at least 4 members (excludes halogenated alkanes) is 2. The number of amides is 1. The summed E-state index contributed by atoms with van der Waals surface area (Å²) in [6.07, 6.45) is -0.949. The Morgan fingerprint density at radius 1 is 1.04 bits per heavy atom. The maximum Gasteiger partial charge on any atom is 0.421 e. The lowest BCUT2D eigenvalue weighted by Gasteiger charge is -2.24. The van der Waals surface area contributed by atoms with Crippen molar-refractivity contribution in [3.8, 4) is 0 Å². The van der Waals surface area contributed by atoms with E-state index in [0.717, 1.165) is 18.9 Å². The van der Waals surface area contributed by atoms with Crippen molar-refractivity contribution in [1.29, 1.82) is 0 Å². The van der Waals surface area contributed by atoms with Gasteiger partial charge in [0, 0.05) is 13.1 Å². The molecule has 0 heterocycles. The smallest absolute Gasteiger partial charge is 0.339 e. The summed E-state index contributed by atoms with van der Waals surface area (Å²) in [7, 11) is 0. The van der Waals surface area contributed by atoms with Crippen LogP contribution in [0.15, 0.2) is 47.8 Å². The van der Waals surface area contributed by atoms with Crippen molar-refractivity contribution >= 4 is 12.0 Å². The monoisotopic (exact) mass is 371 g/mol. The summed E-state index contributed by atoms with van der Waals surface area (Å²) < 4.78 is 54.2. The molecule has 0 aliphatic heterocycles. The van der Waals surface area contributed by atoms with Gasteiger partial charge in [0.25, 0.3) is 5.91 Å². The summed E-state index contributed by atoms with van der Waals surface area (Å²) >= 11 is 0. The number of rotatable bonds is 9. The van der Waals surface area contributed by atoms with Crippen molar-refractivity contribution in [2.75, 3.05) is 13.1 Å². The average molecular weight is 371 g/mol. The fourth-order valence-corrected chi connectivity index (χ4v) is 2.34. The van der Waals surface area contributed by atoms with Crippen molar-refractivity contribution < 1.29 is 22.4 Å². The Labute approximate surface area is 152 Å². The van der Waals surface area contributed by atoms with E-state index in [2.05, 4.69) is 0 Å². The number of benzene rings is 1. The molecule has 0 fully saturated rings. The Bertz CT molecular complexity index is 612. The molecule has 26 heavy (non-hydrogen) atoms. The van der Waals surface area contributed by atoms with Crippen LogP contribution < -0.4 is 0 Å². The fraction of sp³-hybridized carbons (Fsp3) is 0.450. The standard InChI is InChI=1S/C20H25F4NO/c1-3-5-12-25(13-6-4-2)19(26)18(20(22,23)24)15-17(21)14-16-10-8-7-9-11-16/h7-11,14-15H,3-6,12-13H2,1-2H3/b17-14+,18-15-. The van der Waals surface area contributed by atoms with Crippen LogP contribution in [0, 0.1) is 0 Å². The van der Waals surface area contributed by atoms with Gasteiger partial charge in [-0.2, -0.15) is 13.2 Å². The Hall–Kier alpha value is -2.11. The van der Waals surface area contributed by atoms with E-state index in [1.807, 2.05) is 13.8 Å². The maximum atomic E-state index is 14.1. The van der Waals surface area contributed by atoms with Gasteiger partial charge in [0.1, 0.15) is 11.4 Å². The van der Waals surface area contributed by atoms with E-state index in [0.29, 0.717) is 24.5 Å². The minimum absolute atomic E-state index is 0.229. The van der Waals surface area contributed by atoms with Crippen molar-refractivity contribution in [2.45, 2.75) is 45.7 Å². The van der Waals surface area contributed by atoms with E-state index < -0.39 is 23.5 Å². The van der Waals surface area contributed by atoms with Crippen LogP contribution in [0.4, 0.5) is 17.6 Å². The van der Waals surface area contributed by atoms with Gasteiger partial charge in [0.05, 0.1) is 0 Å². The van der Waals surface area contributed by atoms with Crippen LogP contribution in [0.5, 0.6) is 0 Å². The molecule has 0 spiro atoms. The molecular weight excluding hydrogens is 346 g/mol. The van der Waals surface area contributed by atoms with Crippen LogP contribution in [-0.2, 0) is 4.79 Å². The van der Waals surface area contributed by atoms with Gasteiger partial charge < -0.3 is 4.90 Å². The normalized spacial score (nSPS) is 13.0. The van der Waals surface area contributed by atoms with Gasteiger partial charge >= 0.3 is 6.18 Å². The van der Waals surface area contributed by atoms with Crippen LogP contribution in [0.2, 0.25) is 0 Å². The molecule has 1 rings (SSSR count). The number of carbonyl (C=O) groups is 1. The van der Waals surface area contributed by atoms with Crippen LogP contribution >= 0.6 is 0 Å². The minimum Gasteiger partial charge on any atom is -0.339 e. The predicted octanol–water partition coefficient (Wildman–Crippen LogP) is 5.91. The van der Waals surface area contributed by atoms with Crippen molar-refractivity contribution in [2.24, 2.45) is 0 Å². The van der Waals surface area contributed by atoms with Crippen molar-refractivity contribution in [3.63, 3.8) is 0 Å². The molecule has 6 heteroatoms. The van der Waals surface area contributed by atoms with Crippen LogP contribution in [-0.4, -0.2) is 30.1 Å². The third-order valence-electron chi connectivity index (χ3n) is 3.77. The molecule has 2 nitrogen and oxygen atoms in total. The molecule has 0 atom stereocenters. The van der Waals surface area contributed by atoms with E-state index in [9.17, 15) is 22.4 Å². The summed E-state index contributed by atoms with van der Waals surface area (Å²) in [6, 6.07) is 8.15. The van der Waals surface area contributed by atoms with Gasteiger partial charge in [-0.15, -0.1) is 0 Å². The zero-order valence-corrected chi connectivity index (χ0v) is 15.2. The van der Waals surface area contributed by atoms with Gasteiger partial charge in [0.15, 0.2) is 0 Å². The molecule has 0 unspecified atom stereocenters. The summed E-state index contributed by atoms with van der Waals surface area (Å²) in [5, 5.41) is 0. The molecule has 0 radical (unpaired) electrons. The Kier molecular flexibility index (Phi) is 9.10. The Morgan fingerprint density at radius 2 is 1.58 bits per heavy atom. The van der Waals surface area contributed by atoms with Crippen LogP contribution in [0.1, 0.15) is 45.1 Å². The molecule has 1 amide bonds. The quantitative estimate of drug-likeness (QED) is 0.300. The van der Waals surface area contributed by atoms with E-state index in [4.69, 9.17) is 0 Å². The van der Waals surface area contributed by atoms with E-state index in [-0.39, 0.29) is 13.1 Å². The highest BCUT2D eigenvalue weighted by atomic mass is 19.4. The van der Waals surface area contributed by atoms with Crippen LogP contribution in [0.3, 0.4) is 0 Å². The summed E-state index contributed by atoms with van der Waals surface area (Å²) in [5.41, 5.74) is -1.06. The van der Waals surface area contributed by atoms with Crippen molar-refractivity contribution in [1.82, 2.24) is 4.90 Å². The molecular formula is C20H25F4NO. The molecule has 144 valence electrons. The highest BCUT2D eigenvalue weighted by Crippen LogP contribution is 2.29. The number of nitrogens with zero attached hydrogens (tertiary/aromatic N) is 1. The first kappa shape index (κ1) is 21.9. The van der Waals surface area contributed by atoms with Gasteiger partial charge in [0.2, 0.25) is 0 Å². The first-order valence-corrected chi connectivity index (χ1v) is 8.80. The highest BCUT2D eigenvalue weighted by molar-refractivity contribution is 5.95.